The molecule has 0 aliphatic rings. The van der Waals surface area contributed by atoms with Gasteiger partial charge in [0.1, 0.15) is 11.6 Å². The van der Waals surface area contributed by atoms with E-state index in [0.29, 0.717) is 17.0 Å². The van der Waals surface area contributed by atoms with Crippen LogP contribution >= 0.6 is 0 Å². The van der Waals surface area contributed by atoms with Crippen molar-refractivity contribution in [2.45, 2.75) is 17.9 Å². The molecular formula is C22H21FN2O4S. The number of hydrogen-bond acceptors (Lipinski definition) is 4. The highest BCUT2D eigenvalue weighted by atomic mass is 32.2. The third kappa shape index (κ3) is 5.15. The van der Waals surface area contributed by atoms with Gasteiger partial charge in [0.15, 0.2) is 0 Å². The smallest absolute Gasteiger partial charge is 0.261 e. The maximum absolute atomic E-state index is 13.0. The summed E-state index contributed by atoms with van der Waals surface area (Å²) >= 11 is 0. The second kappa shape index (κ2) is 8.96. The van der Waals surface area contributed by atoms with Gasteiger partial charge in [-0.25, -0.2) is 12.8 Å². The van der Waals surface area contributed by atoms with Crippen LogP contribution in [0, 0.1) is 5.82 Å². The maximum atomic E-state index is 13.0. The minimum absolute atomic E-state index is 0.0956. The number of sulfonamides is 1. The summed E-state index contributed by atoms with van der Waals surface area (Å²) in [5.41, 5.74) is 1.47. The molecule has 1 amide bonds. The summed E-state index contributed by atoms with van der Waals surface area (Å²) in [7, 11) is -2.27. The Morgan fingerprint density at radius 1 is 0.933 bits per heavy atom. The number of benzene rings is 3. The highest BCUT2D eigenvalue weighted by Gasteiger charge is 2.15. The van der Waals surface area contributed by atoms with Crippen molar-refractivity contribution in [1.29, 1.82) is 0 Å². The van der Waals surface area contributed by atoms with Crippen molar-refractivity contribution in [3.8, 4) is 5.75 Å². The molecule has 1 unspecified atom stereocenters. The van der Waals surface area contributed by atoms with Crippen molar-refractivity contribution in [1.82, 2.24) is 5.32 Å². The Bertz CT molecular complexity index is 1110. The number of hydrogen-bond donors (Lipinski definition) is 2. The number of nitrogens with one attached hydrogen (secondary N) is 2. The summed E-state index contributed by atoms with van der Waals surface area (Å²) in [5.74, 6) is -0.111. The molecule has 3 aromatic rings. The summed E-state index contributed by atoms with van der Waals surface area (Å²) in [6.07, 6.45) is 0. The first-order valence-corrected chi connectivity index (χ1v) is 10.6. The Balaban J connectivity index is 1.66. The Kier molecular flexibility index (Phi) is 6.37. The zero-order chi connectivity index (χ0) is 21.7. The number of anilines is 1. The van der Waals surface area contributed by atoms with Crippen LogP contribution in [-0.2, 0) is 10.0 Å². The van der Waals surface area contributed by atoms with Gasteiger partial charge in [-0.3, -0.25) is 9.52 Å². The third-order valence-corrected chi connectivity index (χ3v) is 5.88. The van der Waals surface area contributed by atoms with Crippen LogP contribution in [0.4, 0.5) is 10.1 Å². The number of methoxy groups -OCH3 is 1. The normalized spacial score (nSPS) is 12.1. The van der Waals surface area contributed by atoms with Crippen LogP contribution in [-0.4, -0.2) is 21.4 Å². The number of carbonyl (C=O) groups excluding carboxylic acids is 1. The first-order chi connectivity index (χ1) is 14.3. The highest BCUT2D eigenvalue weighted by molar-refractivity contribution is 7.92. The Labute approximate surface area is 174 Å². The monoisotopic (exact) mass is 428 g/mol. The van der Waals surface area contributed by atoms with E-state index in [9.17, 15) is 17.6 Å². The second-order valence-corrected chi connectivity index (χ2v) is 8.29. The van der Waals surface area contributed by atoms with E-state index in [1.165, 1.54) is 55.6 Å². The molecule has 0 bridgehead atoms. The fourth-order valence-electron chi connectivity index (χ4n) is 2.77. The average Bonchev–Trinajstić information content (AvgIpc) is 2.74. The second-order valence-electron chi connectivity index (χ2n) is 6.61. The van der Waals surface area contributed by atoms with E-state index in [1.54, 1.807) is 31.2 Å². The van der Waals surface area contributed by atoms with Crippen LogP contribution in [0.25, 0.3) is 0 Å². The summed E-state index contributed by atoms with van der Waals surface area (Å²) in [6, 6.07) is 17.7. The fourth-order valence-corrected chi connectivity index (χ4v) is 3.83. The summed E-state index contributed by atoms with van der Waals surface area (Å²) in [4.78, 5) is 12.5. The van der Waals surface area contributed by atoms with E-state index in [4.69, 9.17) is 4.74 Å². The van der Waals surface area contributed by atoms with Gasteiger partial charge >= 0.3 is 0 Å². The largest absolute Gasteiger partial charge is 0.497 e. The van der Waals surface area contributed by atoms with Gasteiger partial charge in [-0.05, 0) is 73.2 Å². The Morgan fingerprint density at radius 2 is 1.53 bits per heavy atom. The van der Waals surface area contributed by atoms with Gasteiger partial charge in [-0.15, -0.1) is 0 Å². The van der Waals surface area contributed by atoms with E-state index in [-0.39, 0.29) is 22.7 Å². The molecule has 3 rings (SSSR count). The van der Waals surface area contributed by atoms with Gasteiger partial charge in [0.25, 0.3) is 15.9 Å². The number of amides is 1. The lowest BCUT2D eigenvalue weighted by atomic mass is 10.1. The predicted octanol–water partition coefficient (Wildman–Crippen LogP) is 4.13. The van der Waals surface area contributed by atoms with E-state index in [0.717, 1.165) is 5.56 Å². The van der Waals surface area contributed by atoms with E-state index >= 15 is 0 Å². The van der Waals surface area contributed by atoms with Crippen molar-refractivity contribution < 1.29 is 22.3 Å². The van der Waals surface area contributed by atoms with E-state index in [1.807, 2.05) is 0 Å². The molecule has 0 fully saturated rings. The molecule has 3 aromatic carbocycles. The minimum Gasteiger partial charge on any atom is -0.497 e. The van der Waals surface area contributed by atoms with Crippen LogP contribution in [0.15, 0.2) is 77.7 Å². The summed E-state index contributed by atoms with van der Waals surface area (Å²) in [5, 5.41) is 2.82. The molecular weight excluding hydrogens is 407 g/mol. The van der Waals surface area contributed by atoms with Crippen molar-refractivity contribution in [2.24, 2.45) is 0 Å². The topological polar surface area (TPSA) is 84.5 Å². The standard InChI is InChI=1S/C22H21FN2O4S/c1-15(16-3-7-18(23)8-4-16)24-22(26)17-5-9-19(10-6-17)25-30(27,28)21-13-11-20(29-2)12-14-21/h3-15,25H,1-2H3,(H,24,26). The van der Waals surface area contributed by atoms with Crippen LogP contribution in [0.5, 0.6) is 5.75 Å². The Hall–Kier alpha value is -3.39. The molecule has 0 heterocycles. The van der Waals surface area contributed by atoms with Gasteiger partial charge in [0, 0.05) is 11.3 Å². The number of halogens is 1. The van der Waals surface area contributed by atoms with Crippen LogP contribution in [0.2, 0.25) is 0 Å². The van der Waals surface area contributed by atoms with Gasteiger partial charge in [0.2, 0.25) is 0 Å². The lowest BCUT2D eigenvalue weighted by Crippen LogP contribution is -2.26. The molecule has 0 aliphatic carbocycles. The van der Waals surface area contributed by atoms with E-state index in [2.05, 4.69) is 10.0 Å². The molecule has 30 heavy (non-hydrogen) atoms. The first-order valence-electron chi connectivity index (χ1n) is 9.12. The number of carbonyl (C=O) groups is 1. The van der Waals surface area contributed by atoms with Crippen molar-refractivity contribution in [2.75, 3.05) is 11.8 Å². The zero-order valence-electron chi connectivity index (χ0n) is 16.4. The lowest BCUT2D eigenvalue weighted by Gasteiger charge is -2.15. The average molecular weight is 428 g/mol. The van der Waals surface area contributed by atoms with Gasteiger partial charge in [0.05, 0.1) is 18.0 Å². The summed E-state index contributed by atoms with van der Waals surface area (Å²) < 4.78 is 45.5. The molecule has 156 valence electrons. The predicted molar refractivity (Wildman–Crippen MR) is 113 cm³/mol. The van der Waals surface area contributed by atoms with Gasteiger partial charge < -0.3 is 10.1 Å². The van der Waals surface area contributed by atoms with Gasteiger partial charge in [-0.2, -0.15) is 0 Å². The zero-order valence-corrected chi connectivity index (χ0v) is 17.2. The SMILES string of the molecule is COc1ccc(S(=O)(=O)Nc2ccc(C(=O)NC(C)c3ccc(F)cc3)cc2)cc1. The Morgan fingerprint density at radius 3 is 2.10 bits per heavy atom. The molecule has 2 N–H and O–H groups in total. The molecule has 0 aliphatic heterocycles. The third-order valence-electron chi connectivity index (χ3n) is 4.49. The van der Waals surface area contributed by atoms with Gasteiger partial charge in [-0.1, -0.05) is 12.1 Å². The lowest BCUT2D eigenvalue weighted by molar-refractivity contribution is 0.0940. The van der Waals surface area contributed by atoms with Crippen LogP contribution in [0.1, 0.15) is 28.9 Å². The number of ether oxygens (including phenoxy) is 1. The molecule has 0 saturated carbocycles. The summed E-state index contributed by atoms with van der Waals surface area (Å²) in [6.45, 7) is 1.79. The molecule has 6 nitrogen and oxygen atoms in total. The van der Waals surface area contributed by atoms with Crippen LogP contribution < -0.4 is 14.8 Å². The van der Waals surface area contributed by atoms with Crippen molar-refractivity contribution in [3.05, 3.63) is 89.7 Å². The van der Waals surface area contributed by atoms with Crippen LogP contribution in [0.3, 0.4) is 0 Å². The highest BCUT2D eigenvalue weighted by Crippen LogP contribution is 2.20. The maximum Gasteiger partial charge on any atom is 0.261 e. The molecule has 8 heteroatoms. The first kappa shape index (κ1) is 21.3. The van der Waals surface area contributed by atoms with Crippen molar-refractivity contribution >= 4 is 21.6 Å². The van der Waals surface area contributed by atoms with E-state index < -0.39 is 10.0 Å². The quantitative estimate of drug-likeness (QED) is 0.593. The minimum atomic E-state index is -3.77. The molecule has 0 aromatic heterocycles. The molecule has 1 atom stereocenters. The number of rotatable bonds is 7. The fraction of sp³-hybridized carbons (Fsp3) is 0.136. The molecule has 0 radical (unpaired) electrons. The van der Waals surface area contributed by atoms with Crippen molar-refractivity contribution in [3.63, 3.8) is 0 Å². The molecule has 0 saturated heterocycles. The molecule has 0 spiro atoms.